The van der Waals surface area contributed by atoms with Gasteiger partial charge in [-0.05, 0) is 44.0 Å². The Labute approximate surface area is 205 Å². The summed E-state index contributed by atoms with van der Waals surface area (Å²) in [5.74, 6) is 1.95. The van der Waals surface area contributed by atoms with Gasteiger partial charge in [-0.3, -0.25) is 14.5 Å². The first kappa shape index (κ1) is 21.5. The summed E-state index contributed by atoms with van der Waals surface area (Å²) in [7, 11) is 0. The van der Waals surface area contributed by atoms with Gasteiger partial charge < -0.3 is 15.0 Å². The lowest BCUT2D eigenvalue weighted by atomic mass is 10.2. The fraction of sp³-hybridized carbons (Fsp3) is 0.240. The van der Waals surface area contributed by atoms with Crippen molar-refractivity contribution in [1.29, 1.82) is 0 Å². The van der Waals surface area contributed by atoms with E-state index < -0.39 is 0 Å². The number of hydrogen-bond acceptors (Lipinski definition) is 6. The topological polar surface area (TPSA) is 111 Å². The van der Waals surface area contributed by atoms with Crippen molar-refractivity contribution in [1.82, 2.24) is 35.0 Å². The molecule has 1 fully saturated rings. The van der Waals surface area contributed by atoms with E-state index in [9.17, 15) is 4.79 Å². The Bertz CT molecular complexity index is 1600. The lowest BCUT2D eigenvalue weighted by Crippen LogP contribution is -2.38. The second-order valence-corrected chi connectivity index (χ2v) is 9.37. The zero-order chi connectivity index (χ0) is 24.2. The van der Waals surface area contributed by atoms with E-state index in [0.717, 1.165) is 35.3 Å². The minimum absolute atomic E-state index is 0.0254. The van der Waals surface area contributed by atoms with Crippen LogP contribution in [0.3, 0.4) is 0 Å². The number of hydrogen-bond donors (Lipinski definition) is 2. The van der Waals surface area contributed by atoms with Crippen molar-refractivity contribution in [3.63, 3.8) is 0 Å². The van der Waals surface area contributed by atoms with Crippen molar-refractivity contribution in [3.05, 3.63) is 59.8 Å². The van der Waals surface area contributed by atoms with Gasteiger partial charge in [-0.2, -0.15) is 5.10 Å². The van der Waals surface area contributed by atoms with Crippen LogP contribution in [-0.2, 0) is 11.3 Å². The Morgan fingerprint density at radius 1 is 1.20 bits per heavy atom. The number of aromatic nitrogens is 6. The second-order valence-electron chi connectivity index (χ2n) is 8.99. The number of nitrogens with zero attached hydrogens (tertiary/aromatic N) is 5. The minimum atomic E-state index is -0.197. The molecule has 1 amide bonds. The fourth-order valence-corrected chi connectivity index (χ4v) is 4.53. The molecule has 1 aliphatic carbocycles. The van der Waals surface area contributed by atoms with Gasteiger partial charge in [0.15, 0.2) is 0 Å². The van der Waals surface area contributed by atoms with Crippen LogP contribution in [0.25, 0.3) is 33.3 Å². The molecular formula is C25H22ClN7O2. The monoisotopic (exact) mass is 487 g/mol. The van der Waals surface area contributed by atoms with Crippen LogP contribution in [0.2, 0.25) is 5.02 Å². The minimum Gasteiger partial charge on any atom is -0.456 e. The van der Waals surface area contributed by atoms with E-state index in [2.05, 4.69) is 25.4 Å². The van der Waals surface area contributed by atoms with Gasteiger partial charge >= 0.3 is 0 Å². The Morgan fingerprint density at radius 3 is 2.83 bits per heavy atom. The van der Waals surface area contributed by atoms with Gasteiger partial charge in [0.05, 0.1) is 46.7 Å². The first-order chi connectivity index (χ1) is 16.9. The van der Waals surface area contributed by atoms with Crippen molar-refractivity contribution in [2.24, 2.45) is 0 Å². The van der Waals surface area contributed by atoms with Crippen LogP contribution < -0.4 is 10.1 Å². The number of fused-ring (bicyclic) bond motifs is 2. The molecule has 10 heteroatoms. The summed E-state index contributed by atoms with van der Waals surface area (Å²) in [4.78, 5) is 28.4. The Hall–Kier alpha value is -3.98. The summed E-state index contributed by atoms with van der Waals surface area (Å²) < 4.78 is 7.91. The molecule has 0 aliphatic heterocycles. The molecule has 0 saturated heterocycles. The number of H-pyrrole nitrogens is 1. The van der Waals surface area contributed by atoms with Crippen LogP contribution in [0.5, 0.6) is 11.5 Å². The van der Waals surface area contributed by atoms with Crippen LogP contribution in [-0.4, -0.2) is 41.2 Å². The predicted molar refractivity (Wildman–Crippen MR) is 132 cm³/mol. The summed E-state index contributed by atoms with van der Waals surface area (Å²) in [5, 5.41) is 7.87. The molecule has 6 rings (SSSR count). The number of benzene rings is 2. The number of imidazole rings is 1. The van der Waals surface area contributed by atoms with E-state index in [0.29, 0.717) is 39.8 Å². The third-order valence-corrected chi connectivity index (χ3v) is 6.47. The van der Waals surface area contributed by atoms with Gasteiger partial charge in [-0.1, -0.05) is 11.6 Å². The molecule has 1 saturated carbocycles. The van der Waals surface area contributed by atoms with Crippen molar-refractivity contribution in [3.8, 4) is 22.8 Å². The van der Waals surface area contributed by atoms with Gasteiger partial charge in [0.2, 0.25) is 5.91 Å². The Kier molecular flexibility index (Phi) is 4.96. The highest BCUT2D eigenvalue weighted by Crippen LogP contribution is 2.38. The van der Waals surface area contributed by atoms with Crippen molar-refractivity contribution in [2.75, 3.05) is 0 Å². The number of amides is 1. The summed E-state index contributed by atoms with van der Waals surface area (Å²) >= 11 is 6.71. The fourth-order valence-electron chi connectivity index (χ4n) is 4.29. The molecule has 1 aliphatic rings. The number of carbonyl (C=O) groups is 1. The average molecular weight is 488 g/mol. The molecule has 2 aromatic carbocycles. The third-order valence-electron chi connectivity index (χ3n) is 6.11. The molecule has 9 nitrogen and oxygen atoms in total. The normalized spacial score (nSPS) is 14.4. The van der Waals surface area contributed by atoms with Gasteiger partial charge in [0.1, 0.15) is 27.9 Å². The molecule has 0 radical (unpaired) electrons. The zero-order valence-electron chi connectivity index (χ0n) is 19.2. The highest BCUT2D eigenvalue weighted by atomic mass is 35.5. The molecule has 3 aromatic heterocycles. The van der Waals surface area contributed by atoms with E-state index in [4.69, 9.17) is 21.3 Å². The summed E-state index contributed by atoms with van der Waals surface area (Å²) in [6, 6.07) is 9.26. The number of aromatic amines is 1. The zero-order valence-corrected chi connectivity index (χ0v) is 19.9. The largest absolute Gasteiger partial charge is 0.456 e. The van der Waals surface area contributed by atoms with Gasteiger partial charge in [0, 0.05) is 24.8 Å². The van der Waals surface area contributed by atoms with Crippen LogP contribution >= 0.6 is 11.6 Å². The number of ether oxygens (including phenoxy) is 1. The van der Waals surface area contributed by atoms with Crippen molar-refractivity contribution < 1.29 is 9.53 Å². The van der Waals surface area contributed by atoms with E-state index in [1.165, 1.54) is 6.92 Å². The quantitative estimate of drug-likeness (QED) is 0.356. The standard InChI is InChI=1S/C25H22ClN7O2/c1-14-29-18-4-3-17(9-20(18)30-14)35-22-6-5-19-24(23(22)26)31-21(11-27-19)16-10-28-33(12-16)13-25(7-8-25)32-15(2)34/h3-6,9-12H,7-8,13H2,1-2H3,(H,29,30)(H,32,34). The Morgan fingerprint density at radius 2 is 2.03 bits per heavy atom. The average Bonchev–Trinajstić information content (AvgIpc) is 3.22. The maximum atomic E-state index is 11.5. The highest BCUT2D eigenvalue weighted by molar-refractivity contribution is 6.36. The maximum absolute atomic E-state index is 11.5. The molecule has 176 valence electrons. The number of halogens is 1. The summed E-state index contributed by atoms with van der Waals surface area (Å²) in [6.45, 7) is 4.07. The van der Waals surface area contributed by atoms with Crippen LogP contribution in [0.4, 0.5) is 0 Å². The second kappa shape index (κ2) is 8.06. The maximum Gasteiger partial charge on any atom is 0.217 e. The number of aryl methyl sites for hydroxylation is 1. The van der Waals surface area contributed by atoms with Crippen molar-refractivity contribution in [2.45, 2.75) is 38.8 Å². The molecule has 0 unspecified atom stereocenters. The van der Waals surface area contributed by atoms with Gasteiger partial charge in [0.25, 0.3) is 0 Å². The predicted octanol–water partition coefficient (Wildman–Crippen LogP) is 4.79. The number of nitrogens with one attached hydrogen (secondary N) is 2. The molecular weight excluding hydrogens is 466 g/mol. The van der Waals surface area contributed by atoms with E-state index in [1.807, 2.05) is 42.1 Å². The van der Waals surface area contributed by atoms with E-state index >= 15 is 0 Å². The number of carbonyl (C=O) groups excluding carboxylic acids is 1. The highest BCUT2D eigenvalue weighted by Gasteiger charge is 2.44. The molecule has 35 heavy (non-hydrogen) atoms. The molecule has 0 spiro atoms. The summed E-state index contributed by atoms with van der Waals surface area (Å²) in [5.41, 5.74) is 4.26. The van der Waals surface area contributed by atoms with Crippen molar-refractivity contribution >= 4 is 39.6 Å². The van der Waals surface area contributed by atoms with Crippen LogP contribution in [0.15, 0.2) is 48.9 Å². The smallest absolute Gasteiger partial charge is 0.217 e. The first-order valence-electron chi connectivity index (χ1n) is 11.3. The van der Waals surface area contributed by atoms with Crippen LogP contribution in [0.1, 0.15) is 25.6 Å². The summed E-state index contributed by atoms with van der Waals surface area (Å²) in [6.07, 6.45) is 7.25. The number of rotatable bonds is 6. The third kappa shape index (κ3) is 4.19. The molecule has 0 atom stereocenters. The lowest BCUT2D eigenvalue weighted by molar-refractivity contribution is -0.120. The lowest BCUT2D eigenvalue weighted by Gasteiger charge is -2.15. The van der Waals surface area contributed by atoms with E-state index in [1.54, 1.807) is 18.5 Å². The molecule has 2 N–H and O–H groups in total. The Balaban J connectivity index is 1.28. The van der Waals surface area contributed by atoms with Gasteiger partial charge in [-0.15, -0.1) is 0 Å². The van der Waals surface area contributed by atoms with Gasteiger partial charge in [-0.25, -0.2) is 9.97 Å². The molecule has 0 bridgehead atoms. The molecule has 3 heterocycles. The molecule has 5 aromatic rings. The van der Waals surface area contributed by atoms with Crippen LogP contribution in [0, 0.1) is 6.92 Å². The first-order valence-corrected chi connectivity index (χ1v) is 11.7. The SMILES string of the molecule is CC(=O)NC1(Cn2cc(-c3cnc4ccc(Oc5ccc6nc(C)[nH]c6c5)c(Cl)c4n3)cn2)CC1. The van der Waals surface area contributed by atoms with E-state index in [-0.39, 0.29) is 11.4 Å².